The second-order valence-corrected chi connectivity index (χ2v) is 1.53. The number of alkyl halides is 1. The van der Waals surface area contributed by atoms with E-state index in [0.717, 1.165) is 0 Å². The predicted molar refractivity (Wildman–Crippen MR) is 25.9 cm³/mol. The van der Waals surface area contributed by atoms with E-state index in [1.807, 2.05) is 0 Å². The van der Waals surface area contributed by atoms with Crippen molar-refractivity contribution in [3.05, 3.63) is 0 Å². The van der Waals surface area contributed by atoms with Gasteiger partial charge in [0, 0.05) is 0 Å². The smallest absolute Gasteiger partial charge is 0.229 e. The molecule has 1 N–H and O–H groups in total. The zero-order chi connectivity index (χ0) is 5.15. The van der Waals surface area contributed by atoms with Crippen LogP contribution in [0.1, 0.15) is 0 Å². The van der Waals surface area contributed by atoms with Crippen LogP contribution in [0.5, 0.6) is 0 Å². The van der Waals surface area contributed by atoms with Crippen molar-refractivity contribution < 1.29 is 9.90 Å². The molecule has 0 aromatic heterocycles. The number of hydrogen-bond donors (Lipinski definition) is 2. The maximum atomic E-state index is 9.63. The van der Waals surface area contributed by atoms with Crippen LogP contribution in [-0.2, 0) is 4.79 Å². The largest absolute Gasteiger partial charge is 0.370 e. The minimum absolute atomic E-state index is 0.725. The summed E-state index contributed by atoms with van der Waals surface area (Å²) < 4.78 is 0. The lowest BCUT2D eigenvalue weighted by molar-refractivity contribution is -0.114. The van der Waals surface area contributed by atoms with Crippen molar-refractivity contribution >= 4 is 29.3 Å². The highest BCUT2D eigenvalue weighted by atomic mass is 35.5. The number of halogens is 1. The summed E-state index contributed by atoms with van der Waals surface area (Å²) in [6, 6.07) is 0. The highest BCUT2D eigenvalue weighted by Crippen LogP contribution is 1.92. The number of thiol groups is 1. The van der Waals surface area contributed by atoms with Crippen LogP contribution in [0.15, 0.2) is 0 Å². The Bertz CT molecular complexity index is 62.6. The molecule has 2 nitrogen and oxygen atoms in total. The molecule has 36 valence electrons. The fourth-order valence-electron chi connectivity index (χ4n) is 0. The summed E-state index contributed by atoms with van der Waals surface area (Å²) in [6.07, 6.45) is 0. The molecular formula is C2H3ClO2S. The van der Waals surface area contributed by atoms with Gasteiger partial charge in [-0.3, -0.25) is 4.79 Å². The van der Waals surface area contributed by atoms with Gasteiger partial charge in [0.2, 0.25) is 5.12 Å². The van der Waals surface area contributed by atoms with Crippen molar-refractivity contribution in [2.24, 2.45) is 0 Å². The highest BCUT2D eigenvalue weighted by Gasteiger charge is 2.01. The fraction of sp³-hybridized carbons (Fsp3) is 0.500. The van der Waals surface area contributed by atoms with Crippen molar-refractivity contribution in [3.8, 4) is 0 Å². The monoisotopic (exact) mass is 126 g/mol. The summed E-state index contributed by atoms with van der Waals surface area (Å²) >= 11 is 7.91. The fourth-order valence-corrected chi connectivity index (χ4v) is 0. The summed E-state index contributed by atoms with van der Waals surface area (Å²) in [6.45, 7) is 0. The molecule has 0 rings (SSSR count). The van der Waals surface area contributed by atoms with Crippen LogP contribution in [0, 0.1) is 0 Å². The molecule has 0 aliphatic rings. The molecule has 0 bridgehead atoms. The first kappa shape index (κ1) is 6.27. The Morgan fingerprint density at radius 1 is 2.00 bits per heavy atom. The number of carbonyl (C=O) groups is 1. The Balaban J connectivity index is 3.26. The Morgan fingerprint density at radius 2 is 2.17 bits per heavy atom. The molecule has 0 spiro atoms. The van der Waals surface area contributed by atoms with Crippen molar-refractivity contribution in [2.75, 3.05) is 0 Å². The Morgan fingerprint density at radius 3 is 2.17 bits per heavy atom. The van der Waals surface area contributed by atoms with E-state index in [2.05, 4.69) is 12.6 Å². The van der Waals surface area contributed by atoms with E-state index < -0.39 is 10.7 Å². The third kappa shape index (κ3) is 2.50. The third-order valence-corrected chi connectivity index (χ3v) is 0.799. The zero-order valence-electron chi connectivity index (χ0n) is 2.76. The van der Waals surface area contributed by atoms with Crippen LogP contribution >= 0.6 is 24.2 Å². The molecule has 0 aliphatic carbocycles. The molecule has 0 saturated carbocycles. The van der Waals surface area contributed by atoms with E-state index in [1.54, 1.807) is 0 Å². The number of aliphatic hydroxyl groups is 1. The molecular weight excluding hydrogens is 124 g/mol. The van der Waals surface area contributed by atoms with Gasteiger partial charge in [0.1, 0.15) is 0 Å². The number of carbonyl (C=O) groups excluding carboxylic acids is 1. The molecule has 1 unspecified atom stereocenters. The van der Waals surface area contributed by atoms with Crippen molar-refractivity contribution in [1.29, 1.82) is 0 Å². The third-order valence-electron chi connectivity index (χ3n) is 0.204. The number of hydrogen-bond acceptors (Lipinski definition) is 2. The van der Waals surface area contributed by atoms with E-state index in [9.17, 15) is 4.79 Å². The van der Waals surface area contributed by atoms with Gasteiger partial charge in [-0.15, -0.1) is 12.6 Å². The second-order valence-electron chi connectivity index (χ2n) is 0.674. The van der Waals surface area contributed by atoms with Crippen LogP contribution in [0.25, 0.3) is 0 Å². The molecule has 0 aliphatic heterocycles. The normalized spacial score (nSPS) is 13.8. The van der Waals surface area contributed by atoms with E-state index in [0.29, 0.717) is 0 Å². The summed E-state index contributed by atoms with van der Waals surface area (Å²) in [4.78, 5) is 9.63. The first-order valence-electron chi connectivity index (χ1n) is 1.19. The molecule has 0 fully saturated rings. The van der Waals surface area contributed by atoms with E-state index >= 15 is 0 Å². The van der Waals surface area contributed by atoms with Gasteiger partial charge in [0.15, 0.2) is 5.56 Å². The van der Waals surface area contributed by atoms with Crippen LogP contribution in [0.2, 0.25) is 0 Å². The summed E-state index contributed by atoms with van der Waals surface area (Å²) in [7, 11) is 0. The van der Waals surface area contributed by atoms with Crippen LogP contribution in [-0.4, -0.2) is 15.8 Å². The first-order chi connectivity index (χ1) is 2.64. The standard InChI is InChI=1S/C2H3ClO2S/c3-1(4)2(5)6/h1,4H,(H,5,6). The summed E-state index contributed by atoms with van der Waals surface area (Å²) in [5.41, 5.74) is -1.45. The topological polar surface area (TPSA) is 37.3 Å². The van der Waals surface area contributed by atoms with E-state index in [4.69, 9.17) is 16.7 Å². The number of rotatable bonds is 1. The number of aliphatic hydroxyl groups excluding tert-OH is 1. The molecule has 0 radical (unpaired) electrons. The Kier molecular flexibility index (Phi) is 2.55. The van der Waals surface area contributed by atoms with Crippen LogP contribution in [0.3, 0.4) is 0 Å². The van der Waals surface area contributed by atoms with Crippen LogP contribution < -0.4 is 0 Å². The van der Waals surface area contributed by atoms with Gasteiger partial charge >= 0.3 is 0 Å². The molecule has 0 aromatic carbocycles. The van der Waals surface area contributed by atoms with Crippen molar-refractivity contribution in [3.63, 3.8) is 0 Å². The lowest BCUT2D eigenvalue weighted by Gasteiger charge is -1.86. The minimum Gasteiger partial charge on any atom is -0.370 e. The Labute approximate surface area is 45.5 Å². The molecule has 0 heterocycles. The minimum atomic E-state index is -1.45. The lowest BCUT2D eigenvalue weighted by Crippen LogP contribution is -2.04. The maximum absolute atomic E-state index is 9.63. The molecule has 0 aromatic rings. The highest BCUT2D eigenvalue weighted by molar-refractivity contribution is 7.96. The SMILES string of the molecule is O=C(S)C(O)Cl. The van der Waals surface area contributed by atoms with Gasteiger partial charge in [0.25, 0.3) is 0 Å². The molecule has 4 heteroatoms. The van der Waals surface area contributed by atoms with Gasteiger partial charge in [-0.05, 0) is 0 Å². The predicted octanol–water partition coefficient (Wildman–Crippen LogP) is 0. The maximum Gasteiger partial charge on any atom is 0.229 e. The van der Waals surface area contributed by atoms with Gasteiger partial charge in [-0.2, -0.15) is 0 Å². The first-order valence-corrected chi connectivity index (χ1v) is 2.08. The molecule has 0 saturated heterocycles. The summed E-state index contributed by atoms with van der Waals surface area (Å²) in [5, 5.41) is 7.24. The average molecular weight is 127 g/mol. The van der Waals surface area contributed by atoms with Gasteiger partial charge < -0.3 is 5.11 Å². The van der Waals surface area contributed by atoms with Crippen molar-refractivity contribution in [1.82, 2.24) is 0 Å². The molecule has 1 atom stereocenters. The van der Waals surface area contributed by atoms with Crippen LogP contribution in [0.4, 0.5) is 0 Å². The molecule has 6 heavy (non-hydrogen) atoms. The van der Waals surface area contributed by atoms with E-state index in [1.165, 1.54) is 0 Å². The van der Waals surface area contributed by atoms with Gasteiger partial charge in [0.05, 0.1) is 0 Å². The van der Waals surface area contributed by atoms with Gasteiger partial charge in [-0.1, -0.05) is 11.6 Å². The summed E-state index contributed by atoms with van der Waals surface area (Å²) in [5.74, 6) is 0. The van der Waals surface area contributed by atoms with E-state index in [-0.39, 0.29) is 0 Å². The second kappa shape index (κ2) is 2.44. The zero-order valence-corrected chi connectivity index (χ0v) is 4.41. The Hall–Kier alpha value is 0.270. The lowest BCUT2D eigenvalue weighted by atomic mass is 10.8. The quantitative estimate of drug-likeness (QED) is 0.383. The average Bonchev–Trinajstić information content (AvgIpc) is 1.36. The molecule has 0 amide bonds. The van der Waals surface area contributed by atoms with Crippen molar-refractivity contribution in [2.45, 2.75) is 5.56 Å². The van der Waals surface area contributed by atoms with Gasteiger partial charge in [-0.25, -0.2) is 0 Å².